The van der Waals surface area contributed by atoms with E-state index in [2.05, 4.69) is 15.2 Å². The van der Waals surface area contributed by atoms with Crippen molar-refractivity contribution >= 4 is 36.0 Å². The monoisotopic (exact) mass is 502 g/mol. The Balaban J connectivity index is 0.00000280. The van der Waals surface area contributed by atoms with Crippen LogP contribution in [-0.4, -0.2) is 71.3 Å². The number of piperazine rings is 1. The Kier molecular flexibility index (Phi) is 7.19. The van der Waals surface area contributed by atoms with Crippen LogP contribution in [-0.2, 0) is 10.3 Å². The molecule has 0 spiro atoms. The fourth-order valence-corrected chi connectivity index (χ4v) is 3.37. The number of aliphatic hydroxyl groups is 1. The van der Waals surface area contributed by atoms with Gasteiger partial charge in [0.2, 0.25) is 0 Å². The molecule has 2 aliphatic rings. The minimum absolute atomic E-state index is 0. The first kappa shape index (κ1) is 22.7. The summed E-state index contributed by atoms with van der Waals surface area (Å²) in [5.41, 5.74) is -0.613. The van der Waals surface area contributed by atoms with Crippen LogP contribution in [0.25, 0.3) is 0 Å². The molecule has 1 amide bonds. The maximum Gasteiger partial charge on any atom is 0.410 e. The molecule has 0 aliphatic carbocycles. The maximum absolute atomic E-state index is 12.3. The zero-order chi connectivity index (χ0) is 19.7. The van der Waals surface area contributed by atoms with Crippen LogP contribution in [0.4, 0.5) is 4.79 Å². The number of amides is 1. The number of hydrogen-bond acceptors (Lipinski definition) is 6. The third-order valence-electron chi connectivity index (χ3n) is 4.84. The van der Waals surface area contributed by atoms with Crippen molar-refractivity contribution in [2.24, 2.45) is 4.99 Å². The fraction of sp³-hybridized carbons (Fsp3) is 0.600. The number of rotatable bonds is 3. The Labute approximate surface area is 184 Å². The lowest BCUT2D eigenvalue weighted by Crippen LogP contribution is -2.58. The number of ether oxygens (including phenoxy) is 1. The van der Waals surface area contributed by atoms with Gasteiger partial charge in [-0.3, -0.25) is 4.99 Å². The molecule has 0 saturated carbocycles. The van der Waals surface area contributed by atoms with Gasteiger partial charge in [0.1, 0.15) is 11.2 Å². The second-order valence-electron chi connectivity index (χ2n) is 8.43. The standard InChI is InChI=1S/C20H30N4O3.HI/c1-19(2,3)27-18(25)23-10-11-24-16(13-23)12-21-17(24)22-14-20(4,26)15-8-6-5-7-9-15;/h5-9,16,26H,10-14H2,1-4H3,(H,21,22);1H. The molecule has 0 aromatic heterocycles. The number of aliphatic imine (C=N–C) groups is 1. The molecule has 1 fully saturated rings. The number of halogens is 1. The highest BCUT2D eigenvalue weighted by Crippen LogP contribution is 2.21. The van der Waals surface area contributed by atoms with Crippen LogP contribution >= 0.6 is 24.0 Å². The van der Waals surface area contributed by atoms with Crippen LogP contribution in [0.1, 0.15) is 33.3 Å². The quantitative estimate of drug-likeness (QED) is 0.621. The van der Waals surface area contributed by atoms with E-state index in [1.54, 1.807) is 11.8 Å². The summed E-state index contributed by atoms with van der Waals surface area (Å²) in [5, 5.41) is 14.1. The first-order chi connectivity index (χ1) is 12.7. The van der Waals surface area contributed by atoms with E-state index < -0.39 is 11.2 Å². The molecule has 1 aromatic rings. The van der Waals surface area contributed by atoms with Gasteiger partial charge < -0.3 is 25.0 Å². The van der Waals surface area contributed by atoms with Crippen molar-refractivity contribution in [3.05, 3.63) is 35.9 Å². The average molecular weight is 502 g/mol. The first-order valence-corrected chi connectivity index (χ1v) is 9.46. The van der Waals surface area contributed by atoms with Crippen molar-refractivity contribution in [1.82, 2.24) is 15.1 Å². The molecule has 0 radical (unpaired) electrons. The van der Waals surface area contributed by atoms with Gasteiger partial charge in [-0.25, -0.2) is 4.79 Å². The molecule has 2 aliphatic heterocycles. The van der Waals surface area contributed by atoms with Crippen LogP contribution in [0, 0.1) is 0 Å². The Morgan fingerprint density at radius 1 is 1.25 bits per heavy atom. The molecule has 2 heterocycles. The number of nitrogens with zero attached hydrogens (tertiary/aromatic N) is 3. The fourth-order valence-electron chi connectivity index (χ4n) is 3.37. The van der Waals surface area contributed by atoms with Gasteiger partial charge in [-0.2, -0.15) is 0 Å². The number of benzene rings is 1. The zero-order valence-electron chi connectivity index (χ0n) is 17.0. The number of carbonyl (C=O) groups excluding carboxylic acids is 1. The molecule has 2 atom stereocenters. The Bertz CT molecular complexity index is 703. The minimum atomic E-state index is -0.986. The van der Waals surface area contributed by atoms with Crippen molar-refractivity contribution < 1.29 is 14.6 Å². The summed E-state index contributed by atoms with van der Waals surface area (Å²) in [4.78, 5) is 20.8. The van der Waals surface area contributed by atoms with E-state index in [0.717, 1.165) is 11.5 Å². The zero-order valence-corrected chi connectivity index (χ0v) is 19.3. The summed E-state index contributed by atoms with van der Waals surface area (Å²) in [7, 11) is 0. The smallest absolute Gasteiger partial charge is 0.410 e. The van der Waals surface area contributed by atoms with E-state index in [-0.39, 0.29) is 36.1 Å². The number of hydrogen-bond donors (Lipinski definition) is 2. The van der Waals surface area contributed by atoms with Crippen LogP contribution in [0.3, 0.4) is 0 Å². The van der Waals surface area contributed by atoms with Gasteiger partial charge in [0.15, 0.2) is 5.96 Å². The normalized spacial score (nSPS) is 21.2. The molecule has 7 nitrogen and oxygen atoms in total. The highest BCUT2D eigenvalue weighted by Gasteiger charge is 2.37. The second kappa shape index (κ2) is 8.86. The molecular formula is C20H31IN4O3. The van der Waals surface area contributed by atoms with Gasteiger partial charge >= 0.3 is 6.09 Å². The van der Waals surface area contributed by atoms with Gasteiger partial charge in [-0.05, 0) is 33.3 Å². The van der Waals surface area contributed by atoms with Crippen molar-refractivity contribution in [3.8, 4) is 0 Å². The summed E-state index contributed by atoms with van der Waals surface area (Å²) in [6, 6.07) is 9.76. The highest BCUT2D eigenvalue weighted by atomic mass is 127. The maximum atomic E-state index is 12.3. The van der Waals surface area contributed by atoms with Gasteiger partial charge in [-0.1, -0.05) is 30.3 Å². The molecule has 1 aromatic carbocycles. The van der Waals surface area contributed by atoms with E-state index in [0.29, 0.717) is 32.7 Å². The lowest BCUT2D eigenvalue weighted by molar-refractivity contribution is 0.0136. The second-order valence-corrected chi connectivity index (χ2v) is 8.43. The van der Waals surface area contributed by atoms with Gasteiger partial charge in [0.05, 0.1) is 19.1 Å². The number of nitrogens with one attached hydrogen (secondary N) is 1. The van der Waals surface area contributed by atoms with E-state index in [4.69, 9.17) is 4.74 Å². The molecule has 1 saturated heterocycles. The molecule has 3 rings (SSSR count). The first-order valence-electron chi connectivity index (χ1n) is 9.46. The molecule has 8 heteroatoms. The Hall–Kier alpha value is -1.55. The number of guanidine groups is 1. The Morgan fingerprint density at radius 3 is 2.57 bits per heavy atom. The summed E-state index contributed by atoms with van der Waals surface area (Å²) in [5.74, 6) is 0.792. The minimum Gasteiger partial charge on any atom is -0.444 e. The third kappa shape index (κ3) is 5.50. The van der Waals surface area contributed by atoms with E-state index in [9.17, 15) is 9.90 Å². The molecule has 2 unspecified atom stereocenters. The molecule has 156 valence electrons. The van der Waals surface area contributed by atoms with Crippen LogP contribution < -0.4 is 5.32 Å². The number of carbonyl (C=O) groups is 1. The highest BCUT2D eigenvalue weighted by molar-refractivity contribution is 14.0. The summed E-state index contributed by atoms with van der Waals surface area (Å²) in [6.45, 7) is 10.3. The Morgan fingerprint density at radius 2 is 1.93 bits per heavy atom. The van der Waals surface area contributed by atoms with Crippen LogP contribution in [0.2, 0.25) is 0 Å². The summed E-state index contributed by atoms with van der Waals surface area (Å²) < 4.78 is 5.48. The van der Waals surface area contributed by atoms with Gasteiger partial charge in [-0.15, -0.1) is 24.0 Å². The topological polar surface area (TPSA) is 77.4 Å². The average Bonchev–Trinajstić information content (AvgIpc) is 3.02. The predicted molar refractivity (Wildman–Crippen MR) is 120 cm³/mol. The third-order valence-corrected chi connectivity index (χ3v) is 4.84. The van der Waals surface area contributed by atoms with E-state index in [1.807, 2.05) is 51.1 Å². The summed E-state index contributed by atoms with van der Waals surface area (Å²) >= 11 is 0. The molecular weight excluding hydrogens is 471 g/mol. The van der Waals surface area contributed by atoms with Crippen LogP contribution in [0.15, 0.2) is 35.3 Å². The van der Waals surface area contributed by atoms with Crippen molar-refractivity contribution in [3.63, 3.8) is 0 Å². The predicted octanol–water partition coefficient (Wildman–Crippen LogP) is 2.39. The van der Waals surface area contributed by atoms with E-state index >= 15 is 0 Å². The SMILES string of the molecule is CC(C)(C)OC(=O)N1CCN2C(NCC(C)(O)c3ccccc3)=NCC2C1.I. The lowest BCUT2D eigenvalue weighted by atomic mass is 9.96. The molecule has 0 bridgehead atoms. The lowest BCUT2D eigenvalue weighted by Gasteiger charge is -2.39. The van der Waals surface area contributed by atoms with Crippen LogP contribution in [0.5, 0.6) is 0 Å². The van der Waals surface area contributed by atoms with Crippen molar-refractivity contribution in [2.75, 3.05) is 32.7 Å². The van der Waals surface area contributed by atoms with Crippen molar-refractivity contribution in [2.45, 2.75) is 44.9 Å². The number of fused-ring (bicyclic) bond motifs is 1. The molecule has 28 heavy (non-hydrogen) atoms. The van der Waals surface area contributed by atoms with Gasteiger partial charge in [0, 0.05) is 19.6 Å². The largest absolute Gasteiger partial charge is 0.444 e. The van der Waals surface area contributed by atoms with Crippen molar-refractivity contribution in [1.29, 1.82) is 0 Å². The summed E-state index contributed by atoms with van der Waals surface area (Å²) in [6.07, 6.45) is -0.268. The van der Waals surface area contributed by atoms with E-state index in [1.165, 1.54) is 0 Å². The van der Waals surface area contributed by atoms with Gasteiger partial charge in [0.25, 0.3) is 0 Å². The molecule has 2 N–H and O–H groups in total.